The zero-order valence-corrected chi connectivity index (χ0v) is 13.0. The van der Waals surface area contributed by atoms with E-state index in [2.05, 4.69) is 5.32 Å². The third-order valence-electron chi connectivity index (χ3n) is 3.75. The summed E-state index contributed by atoms with van der Waals surface area (Å²) in [5, 5.41) is 2.66. The molecule has 21 heavy (non-hydrogen) atoms. The van der Waals surface area contributed by atoms with Gasteiger partial charge in [0.1, 0.15) is 11.8 Å². The molecule has 1 saturated heterocycles. The Morgan fingerprint density at radius 3 is 2.71 bits per heavy atom. The van der Waals surface area contributed by atoms with Gasteiger partial charge in [0.25, 0.3) is 0 Å². The Morgan fingerprint density at radius 2 is 2.10 bits per heavy atom. The number of benzene rings is 1. The van der Waals surface area contributed by atoms with Crippen molar-refractivity contribution >= 4 is 11.8 Å². The van der Waals surface area contributed by atoms with Gasteiger partial charge in [0, 0.05) is 5.56 Å². The molecule has 114 valence electrons. The van der Waals surface area contributed by atoms with Gasteiger partial charge in [-0.2, -0.15) is 0 Å². The number of aryl methyl sites for hydroxylation is 1. The lowest BCUT2D eigenvalue weighted by molar-refractivity contribution is -0.148. The SMILES string of the molecule is COc1ccc(C)cc1CN1C(=O)CNC(=O)C1C(C)C. The van der Waals surface area contributed by atoms with E-state index in [0.717, 1.165) is 16.9 Å². The molecule has 1 aliphatic rings. The van der Waals surface area contributed by atoms with Gasteiger partial charge < -0.3 is 15.0 Å². The fourth-order valence-electron chi connectivity index (χ4n) is 2.73. The van der Waals surface area contributed by atoms with Gasteiger partial charge in [0.15, 0.2) is 0 Å². The molecule has 1 aliphatic heterocycles. The lowest BCUT2D eigenvalue weighted by atomic mass is 9.98. The fourth-order valence-corrected chi connectivity index (χ4v) is 2.73. The van der Waals surface area contributed by atoms with Gasteiger partial charge in [-0.1, -0.05) is 31.5 Å². The van der Waals surface area contributed by atoms with E-state index in [4.69, 9.17) is 4.74 Å². The van der Waals surface area contributed by atoms with Crippen molar-refractivity contribution in [2.45, 2.75) is 33.4 Å². The molecule has 0 saturated carbocycles. The van der Waals surface area contributed by atoms with E-state index in [1.165, 1.54) is 0 Å². The average molecular weight is 290 g/mol. The number of hydrogen-bond acceptors (Lipinski definition) is 3. The van der Waals surface area contributed by atoms with Gasteiger partial charge in [-0.3, -0.25) is 9.59 Å². The molecule has 2 rings (SSSR count). The van der Waals surface area contributed by atoms with Crippen LogP contribution in [0.5, 0.6) is 5.75 Å². The summed E-state index contributed by atoms with van der Waals surface area (Å²) in [6.07, 6.45) is 0. The van der Waals surface area contributed by atoms with Crippen LogP contribution in [0, 0.1) is 12.8 Å². The summed E-state index contributed by atoms with van der Waals surface area (Å²) in [6.45, 7) is 6.34. The number of piperazine rings is 1. The Hall–Kier alpha value is -2.04. The highest BCUT2D eigenvalue weighted by Gasteiger charge is 2.36. The second-order valence-corrected chi connectivity index (χ2v) is 5.74. The first-order valence-electron chi connectivity index (χ1n) is 7.14. The second kappa shape index (κ2) is 6.16. The first-order valence-corrected chi connectivity index (χ1v) is 7.14. The topological polar surface area (TPSA) is 58.6 Å². The molecule has 1 heterocycles. The van der Waals surface area contributed by atoms with Crippen LogP contribution in [0.4, 0.5) is 0 Å². The molecule has 1 atom stereocenters. The summed E-state index contributed by atoms with van der Waals surface area (Å²) in [5.74, 6) is 0.653. The van der Waals surface area contributed by atoms with Crippen LogP contribution in [0.3, 0.4) is 0 Å². The van der Waals surface area contributed by atoms with Crippen LogP contribution >= 0.6 is 0 Å². The van der Waals surface area contributed by atoms with Crippen LogP contribution in [0.2, 0.25) is 0 Å². The van der Waals surface area contributed by atoms with Gasteiger partial charge in [0.05, 0.1) is 20.2 Å². The molecule has 1 N–H and O–H groups in total. The molecule has 1 unspecified atom stereocenters. The van der Waals surface area contributed by atoms with E-state index in [9.17, 15) is 9.59 Å². The highest BCUT2D eigenvalue weighted by molar-refractivity contribution is 5.95. The van der Waals surface area contributed by atoms with Crippen LogP contribution < -0.4 is 10.1 Å². The molecule has 1 fully saturated rings. The summed E-state index contributed by atoms with van der Waals surface area (Å²) < 4.78 is 5.36. The predicted molar refractivity (Wildman–Crippen MR) is 79.9 cm³/mol. The molecule has 0 aromatic heterocycles. The number of amides is 2. The summed E-state index contributed by atoms with van der Waals surface area (Å²) >= 11 is 0. The normalized spacial score (nSPS) is 18.9. The molecule has 1 aromatic carbocycles. The Labute approximate surface area is 125 Å². The Balaban J connectivity index is 2.32. The van der Waals surface area contributed by atoms with Gasteiger partial charge in [-0.15, -0.1) is 0 Å². The highest BCUT2D eigenvalue weighted by atomic mass is 16.5. The Bertz CT molecular complexity index is 554. The minimum atomic E-state index is -0.434. The first-order chi connectivity index (χ1) is 9.93. The van der Waals surface area contributed by atoms with Crippen molar-refractivity contribution in [3.63, 3.8) is 0 Å². The molecule has 0 radical (unpaired) electrons. The van der Waals surface area contributed by atoms with Crippen molar-refractivity contribution in [1.82, 2.24) is 10.2 Å². The van der Waals surface area contributed by atoms with Gasteiger partial charge in [0.2, 0.25) is 11.8 Å². The summed E-state index contributed by atoms with van der Waals surface area (Å²) in [5.41, 5.74) is 2.02. The maximum atomic E-state index is 12.2. The number of nitrogens with zero attached hydrogens (tertiary/aromatic N) is 1. The van der Waals surface area contributed by atoms with E-state index in [0.29, 0.717) is 6.54 Å². The molecular weight excluding hydrogens is 268 g/mol. The Kier molecular flexibility index (Phi) is 4.50. The largest absolute Gasteiger partial charge is 0.496 e. The van der Waals surface area contributed by atoms with Gasteiger partial charge in [-0.05, 0) is 18.9 Å². The fraction of sp³-hybridized carbons (Fsp3) is 0.500. The second-order valence-electron chi connectivity index (χ2n) is 5.74. The van der Waals surface area contributed by atoms with Crippen molar-refractivity contribution in [2.24, 2.45) is 5.92 Å². The molecule has 1 aromatic rings. The minimum absolute atomic E-state index is 0.0585. The quantitative estimate of drug-likeness (QED) is 0.914. The number of ether oxygens (including phenoxy) is 1. The van der Waals surface area contributed by atoms with E-state index in [-0.39, 0.29) is 24.3 Å². The zero-order valence-electron chi connectivity index (χ0n) is 13.0. The number of methoxy groups -OCH3 is 1. The number of carbonyl (C=O) groups is 2. The first kappa shape index (κ1) is 15.4. The number of carbonyl (C=O) groups excluding carboxylic acids is 2. The summed E-state index contributed by atoms with van der Waals surface area (Å²) in [7, 11) is 1.61. The smallest absolute Gasteiger partial charge is 0.243 e. The molecule has 5 nitrogen and oxygen atoms in total. The van der Waals surface area contributed by atoms with E-state index in [1.807, 2.05) is 39.0 Å². The monoisotopic (exact) mass is 290 g/mol. The third-order valence-corrected chi connectivity index (χ3v) is 3.75. The van der Waals surface area contributed by atoms with E-state index >= 15 is 0 Å². The van der Waals surface area contributed by atoms with Crippen LogP contribution in [-0.2, 0) is 16.1 Å². The van der Waals surface area contributed by atoms with Crippen molar-refractivity contribution in [1.29, 1.82) is 0 Å². The van der Waals surface area contributed by atoms with Crippen LogP contribution in [0.25, 0.3) is 0 Å². The third kappa shape index (κ3) is 3.17. The minimum Gasteiger partial charge on any atom is -0.496 e. The van der Waals surface area contributed by atoms with Crippen LogP contribution in [0.15, 0.2) is 18.2 Å². The standard InChI is InChI=1S/C16H22N2O3/c1-10(2)15-16(20)17-8-14(19)18(15)9-12-7-11(3)5-6-13(12)21-4/h5-7,10,15H,8-9H2,1-4H3,(H,17,20). The Morgan fingerprint density at radius 1 is 1.38 bits per heavy atom. The lowest BCUT2D eigenvalue weighted by Crippen LogP contribution is -2.59. The number of rotatable bonds is 4. The number of nitrogens with one attached hydrogen (secondary N) is 1. The summed E-state index contributed by atoms with van der Waals surface area (Å²) in [6, 6.07) is 5.42. The molecule has 0 spiro atoms. The molecular formula is C16H22N2O3. The van der Waals surface area contributed by atoms with Gasteiger partial charge in [-0.25, -0.2) is 0 Å². The predicted octanol–water partition coefficient (Wildman–Crippen LogP) is 1.49. The van der Waals surface area contributed by atoms with Crippen molar-refractivity contribution in [3.8, 4) is 5.75 Å². The van der Waals surface area contributed by atoms with E-state index in [1.54, 1.807) is 12.0 Å². The van der Waals surface area contributed by atoms with Crippen molar-refractivity contribution in [2.75, 3.05) is 13.7 Å². The van der Waals surface area contributed by atoms with Crippen LogP contribution in [0.1, 0.15) is 25.0 Å². The lowest BCUT2D eigenvalue weighted by Gasteiger charge is -2.37. The van der Waals surface area contributed by atoms with Gasteiger partial charge >= 0.3 is 0 Å². The van der Waals surface area contributed by atoms with E-state index < -0.39 is 6.04 Å². The zero-order chi connectivity index (χ0) is 15.6. The maximum Gasteiger partial charge on any atom is 0.243 e. The molecule has 5 heteroatoms. The molecule has 2 amide bonds. The average Bonchev–Trinajstić information content (AvgIpc) is 2.43. The molecule has 0 aliphatic carbocycles. The highest BCUT2D eigenvalue weighted by Crippen LogP contribution is 2.25. The van der Waals surface area contributed by atoms with Crippen molar-refractivity contribution < 1.29 is 14.3 Å². The maximum absolute atomic E-state index is 12.2. The molecule has 0 bridgehead atoms. The van der Waals surface area contributed by atoms with Crippen LogP contribution in [-0.4, -0.2) is 36.4 Å². The number of hydrogen-bond donors (Lipinski definition) is 1. The summed E-state index contributed by atoms with van der Waals surface area (Å²) in [4.78, 5) is 25.9. The van der Waals surface area contributed by atoms with Crippen molar-refractivity contribution in [3.05, 3.63) is 29.3 Å².